The van der Waals surface area contributed by atoms with Gasteiger partial charge in [0.2, 0.25) is 0 Å². The summed E-state index contributed by atoms with van der Waals surface area (Å²) in [4.78, 5) is 21.2. The van der Waals surface area contributed by atoms with Crippen LogP contribution >= 0.6 is 22.7 Å². The summed E-state index contributed by atoms with van der Waals surface area (Å²) in [6.45, 7) is 2.81. The maximum Gasteiger partial charge on any atom is 0.263 e. The van der Waals surface area contributed by atoms with Crippen molar-refractivity contribution in [3.05, 3.63) is 58.4 Å². The van der Waals surface area contributed by atoms with Gasteiger partial charge in [-0.15, -0.1) is 22.7 Å². The summed E-state index contributed by atoms with van der Waals surface area (Å²) in [7, 11) is 1.71. The monoisotopic (exact) mass is 413 g/mol. The molecule has 0 bridgehead atoms. The van der Waals surface area contributed by atoms with Gasteiger partial charge in [0.1, 0.15) is 15.6 Å². The van der Waals surface area contributed by atoms with Gasteiger partial charge in [0, 0.05) is 31.2 Å². The van der Waals surface area contributed by atoms with Crippen LogP contribution in [0.1, 0.15) is 28.1 Å². The molecule has 0 saturated carbocycles. The third-order valence-corrected chi connectivity index (χ3v) is 7.01. The van der Waals surface area contributed by atoms with E-state index in [4.69, 9.17) is 4.74 Å². The molecule has 1 fully saturated rings. The molecule has 146 valence electrons. The number of aromatic nitrogens is 1. The number of methoxy groups -OCH3 is 1. The van der Waals surface area contributed by atoms with Crippen LogP contribution in [0.25, 0.3) is 9.88 Å². The summed E-state index contributed by atoms with van der Waals surface area (Å²) < 4.78 is 5.45. The van der Waals surface area contributed by atoms with Crippen LogP contribution in [-0.4, -0.2) is 42.0 Å². The Morgan fingerprint density at radius 2 is 2.07 bits per heavy atom. The molecule has 1 aliphatic heterocycles. The van der Waals surface area contributed by atoms with E-state index in [1.54, 1.807) is 24.6 Å². The minimum atomic E-state index is -0.0107. The first kappa shape index (κ1) is 19.1. The van der Waals surface area contributed by atoms with Gasteiger partial charge in [0.05, 0.1) is 18.2 Å². The summed E-state index contributed by atoms with van der Waals surface area (Å²) in [5.74, 6) is 0.924. The van der Waals surface area contributed by atoms with E-state index in [9.17, 15) is 4.79 Å². The van der Waals surface area contributed by atoms with Crippen molar-refractivity contribution in [1.29, 1.82) is 0 Å². The van der Waals surface area contributed by atoms with Gasteiger partial charge < -0.3 is 10.1 Å². The predicted octanol–water partition coefficient (Wildman–Crippen LogP) is 4.27. The minimum absolute atomic E-state index is 0.0107. The Morgan fingerprint density at radius 3 is 2.82 bits per heavy atom. The zero-order chi connectivity index (χ0) is 19.3. The average Bonchev–Trinajstić information content (AvgIpc) is 3.42. The van der Waals surface area contributed by atoms with Crippen molar-refractivity contribution in [1.82, 2.24) is 15.2 Å². The number of thiophene rings is 1. The number of rotatable bonds is 6. The zero-order valence-corrected chi connectivity index (χ0v) is 17.4. The van der Waals surface area contributed by atoms with Crippen molar-refractivity contribution in [3.8, 4) is 15.6 Å². The van der Waals surface area contributed by atoms with Crippen LogP contribution in [0, 0.1) is 0 Å². The first-order valence-corrected chi connectivity index (χ1v) is 11.1. The van der Waals surface area contributed by atoms with Gasteiger partial charge in [0.25, 0.3) is 5.91 Å². The fourth-order valence-electron chi connectivity index (χ4n) is 3.46. The maximum absolute atomic E-state index is 12.6. The summed E-state index contributed by atoms with van der Waals surface area (Å²) in [5, 5.41) is 6.12. The molecular weight excluding hydrogens is 390 g/mol. The molecule has 1 saturated heterocycles. The number of hydrogen-bond donors (Lipinski definition) is 1. The first-order chi connectivity index (χ1) is 13.7. The van der Waals surface area contributed by atoms with Gasteiger partial charge in [-0.05, 0) is 30.4 Å². The van der Waals surface area contributed by atoms with E-state index in [2.05, 4.69) is 21.3 Å². The number of carbonyl (C=O) groups excluding carboxylic acids is 1. The Labute approximate surface area is 173 Å². The molecule has 3 heterocycles. The first-order valence-electron chi connectivity index (χ1n) is 9.38. The third kappa shape index (κ3) is 4.43. The van der Waals surface area contributed by atoms with E-state index in [1.165, 1.54) is 16.9 Å². The number of nitrogens with zero attached hydrogens (tertiary/aromatic N) is 2. The van der Waals surface area contributed by atoms with Gasteiger partial charge in [-0.25, -0.2) is 4.98 Å². The molecule has 2 aromatic heterocycles. The summed E-state index contributed by atoms with van der Waals surface area (Å²) in [6, 6.07) is 12.4. The van der Waals surface area contributed by atoms with Crippen LogP contribution in [0.4, 0.5) is 0 Å². The van der Waals surface area contributed by atoms with Crippen LogP contribution in [0.15, 0.2) is 48.0 Å². The van der Waals surface area contributed by atoms with E-state index >= 15 is 0 Å². The van der Waals surface area contributed by atoms with Gasteiger partial charge in [-0.3, -0.25) is 9.69 Å². The van der Waals surface area contributed by atoms with Gasteiger partial charge in [-0.1, -0.05) is 24.3 Å². The van der Waals surface area contributed by atoms with Gasteiger partial charge >= 0.3 is 0 Å². The standard InChI is InChI=1S/C21H23N3O2S2/c1-26-17-6-3-2-5-15(17)14-24-10-8-16(9-11-24)23-20(25)19-13-22-21(28-19)18-7-4-12-27-18/h2-7,12-13,16H,8-11,14H2,1H3,(H,23,25). The van der Waals surface area contributed by atoms with Crippen molar-refractivity contribution in [2.75, 3.05) is 20.2 Å². The van der Waals surface area contributed by atoms with E-state index in [1.807, 2.05) is 35.7 Å². The van der Waals surface area contributed by atoms with Crippen LogP contribution in [-0.2, 0) is 6.54 Å². The number of likely N-dealkylation sites (tertiary alicyclic amines) is 1. The predicted molar refractivity (Wildman–Crippen MR) is 114 cm³/mol. The molecule has 1 N–H and O–H groups in total. The number of carbonyl (C=O) groups is 1. The summed E-state index contributed by atoms with van der Waals surface area (Å²) in [6.07, 6.45) is 3.60. The van der Waals surface area contributed by atoms with Crippen molar-refractivity contribution in [3.63, 3.8) is 0 Å². The second-order valence-electron chi connectivity index (χ2n) is 6.84. The lowest BCUT2D eigenvalue weighted by molar-refractivity contribution is 0.0912. The fraction of sp³-hybridized carbons (Fsp3) is 0.333. The Bertz CT molecular complexity index is 915. The summed E-state index contributed by atoms with van der Waals surface area (Å²) in [5.41, 5.74) is 1.21. The maximum atomic E-state index is 12.6. The molecule has 0 atom stereocenters. The van der Waals surface area contributed by atoms with Crippen molar-refractivity contribution in [2.24, 2.45) is 0 Å². The van der Waals surface area contributed by atoms with Crippen LogP contribution in [0.3, 0.4) is 0 Å². The van der Waals surface area contributed by atoms with E-state index in [0.29, 0.717) is 4.88 Å². The van der Waals surface area contributed by atoms with E-state index in [0.717, 1.165) is 48.1 Å². The molecule has 4 rings (SSSR count). The number of hydrogen-bond acceptors (Lipinski definition) is 6. The number of ether oxygens (including phenoxy) is 1. The highest BCUT2D eigenvalue weighted by molar-refractivity contribution is 7.21. The van der Waals surface area contributed by atoms with Crippen LogP contribution < -0.4 is 10.1 Å². The number of piperidine rings is 1. The molecule has 3 aromatic rings. The number of nitrogens with one attached hydrogen (secondary N) is 1. The van der Waals surface area contributed by atoms with Crippen molar-refractivity contribution >= 4 is 28.6 Å². The highest BCUT2D eigenvalue weighted by Gasteiger charge is 2.23. The van der Waals surface area contributed by atoms with Crippen LogP contribution in [0.5, 0.6) is 5.75 Å². The van der Waals surface area contributed by atoms with Gasteiger partial charge in [-0.2, -0.15) is 0 Å². The second kappa shape index (κ2) is 8.86. The number of amides is 1. The highest BCUT2D eigenvalue weighted by atomic mass is 32.1. The largest absolute Gasteiger partial charge is 0.496 e. The fourth-order valence-corrected chi connectivity index (χ4v) is 5.08. The zero-order valence-electron chi connectivity index (χ0n) is 15.8. The number of thiazole rings is 1. The lowest BCUT2D eigenvalue weighted by Gasteiger charge is -2.32. The average molecular weight is 414 g/mol. The lowest BCUT2D eigenvalue weighted by atomic mass is 10.0. The van der Waals surface area contributed by atoms with Crippen molar-refractivity contribution in [2.45, 2.75) is 25.4 Å². The molecular formula is C21H23N3O2S2. The molecule has 0 radical (unpaired) electrons. The minimum Gasteiger partial charge on any atom is -0.496 e. The smallest absolute Gasteiger partial charge is 0.263 e. The summed E-state index contributed by atoms with van der Waals surface area (Å²) >= 11 is 3.10. The third-order valence-electron chi connectivity index (χ3n) is 4.97. The molecule has 0 aliphatic carbocycles. The Balaban J connectivity index is 1.29. The number of para-hydroxylation sites is 1. The van der Waals surface area contributed by atoms with Gasteiger partial charge in [0.15, 0.2) is 0 Å². The second-order valence-corrected chi connectivity index (χ2v) is 8.82. The molecule has 1 amide bonds. The lowest BCUT2D eigenvalue weighted by Crippen LogP contribution is -2.44. The normalized spacial score (nSPS) is 15.5. The molecule has 1 aliphatic rings. The molecule has 1 aromatic carbocycles. The van der Waals surface area contributed by atoms with Crippen LogP contribution in [0.2, 0.25) is 0 Å². The molecule has 0 unspecified atom stereocenters. The molecule has 0 spiro atoms. The molecule has 28 heavy (non-hydrogen) atoms. The topological polar surface area (TPSA) is 54.5 Å². The van der Waals surface area contributed by atoms with Crippen molar-refractivity contribution < 1.29 is 9.53 Å². The van der Waals surface area contributed by atoms with E-state index < -0.39 is 0 Å². The highest BCUT2D eigenvalue weighted by Crippen LogP contribution is 2.29. The number of benzene rings is 1. The quantitative estimate of drug-likeness (QED) is 0.656. The van der Waals surface area contributed by atoms with E-state index in [-0.39, 0.29) is 11.9 Å². The SMILES string of the molecule is COc1ccccc1CN1CCC(NC(=O)c2cnc(-c3cccs3)s2)CC1. The molecule has 5 nitrogen and oxygen atoms in total. The Kier molecular flexibility index (Phi) is 6.04. The Hall–Kier alpha value is -2.22. The Morgan fingerprint density at radius 1 is 1.25 bits per heavy atom. The molecule has 7 heteroatoms.